The first-order valence-corrected chi connectivity index (χ1v) is 12.8. The van der Waals surface area contributed by atoms with Crippen molar-refractivity contribution >= 4 is 63.3 Å². The summed E-state index contributed by atoms with van der Waals surface area (Å²) in [6, 6.07) is 8.37. The van der Waals surface area contributed by atoms with Gasteiger partial charge in [-0.15, -0.1) is 0 Å². The number of fused-ring (bicyclic) bond motifs is 1. The number of hydrogen-bond donors (Lipinski definition) is 1. The minimum atomic E-state index is -0.483. The normalized spacial score (nSPS) is 15.6. The highest BCUT2D eigenvalue weighted by Gasteiger charge is 2.26. The lowest BCUT2D eigenvalue weighted by atomic mass is 10.1. The van der Waals surface area contributed by atoms with Crippen LogP contribution in [-0.2, 0) is 16.0 Å². The van der Waals surface area contributed by atoms with Gasteiger partial charge in [0.05, 0.1) is 34.3 Å². The highest BCUT2D eigenvalue weighted by molar-refractivity contribution is 6.42. The van der Waals surface area contributed by atoms with Gasteiger partial charge in [-0.05, 0) is 36.2 Å². The van der Waals surface area contributed by atoms with Gasteiger partial charge in [0.1, 0.15) is 11.9 Å². The molecule has 1 aliphatic heterocycles. The van der Waals surface area contributed by atoms with Gasteiger partial charge in [-0.2, -0.15) is 0 Å². The molecule has 1 aromatic heterocycles. The number of aromatic nitrogens is 2. The molecule has 1 aliphatic rings. The minimum Gasteiger partial charge on any atom is -0.379 e. The summed E-state index contributed by atoms with van der Waals surface area (Å²) in [6.45, 7) is 6.51. The Hall–Kier alpha value is -1.54. The topological polar surface area (TPSA) is 59.4 Å². The molecule has 1 saturated heterocycles. The second-order valence-electron chi connectivity index (χ2n) is 8.20. The van der Waals surface area contributed by atoms with Crippen LogP contribution in [0.5, 0.6) is 0 Å². The number of nitrogens with one attached hydrogen (secondary N) is 1. The molecule has 0 bridgehead atoms. The summed E-state index contributed by atoms with van der Waals surface area (Å²) in [6.07, 6.45) is 0.929. The fraction of sp³-hybridized carbons (Fsp3) is 0.417. The van der Waals surface area contributed by atoms with E-state index in [2.05, 4.69) is 10.2 Å². The zero-order chi connectivity index (χ0) is 24.2. The predicted molar refractivity (Wildman–Crippen MR) is 139 cm³/mol. The summed E-state index contributed by atoms with van der Waals surface area (Å²) in [7, 11) is 0. The molecule has 182 valence electrons. The highest BCUT2D eigenvalue weighted by atomic mass is 35.5. The molecule has 34 heavy (non-hydrogen) atoms. The second kappa shape index (κ2) is 11.5. The predicted octanol–water partition coefficient (Wildman–Crippen LogP) is 5.64. The number of benzene rings is 2. The Kier molecular flexibility index (Phi) is 8.61. The molecule has 3 aromatic rings. The van der Waals surface area contributed by atoms with E-state index >= 15 is 0 Å². The molecule has 2 aromatic carbocycles. The fourth-order valence-electron chi connectivity index (χ4n) is 4.24. The molecule has 1 fully saturated rings. The Morgan fingerprint density at radius 3 is 2.44 bits per heavy atom. The number of amides is 1. The Balaban J connectivity index is 1.65. The molecule has 1 amide bonds. The average molecular weight is 544 g/mol. The molecule has 0 aliphatic carbocycles. The summed E-state index contributed by atoms with van der Waals surface area (Å²) < 4.78 is 7.32. The van der Waals surface area contributed by atoms with Crippen molar-refractivity contribution in [1.82, 2.24) is 19.8 Å². The lowest BCUT2D eigenvalue weighted by Gasteiger charge is -2.27. The number of rotatable bonds is 8. The number of nitrogens with zero attached hydrogens (tertiary/aromatic N) is 3. The smallest absolute Gasteiger partial charge is 0.243 e. The third-order valence-electron chi connectivity index (χ3n) is 6.03. The lowest BCUT2D eigenvalue weighted by Crippen LogP contribution is -2.42. The van der Waals surface area contributed by atoms with Crippen LogP contribution in [0.4, 0.5) is 0 Å². The van der Waals surface area contributed by atoms with E-state index in [1.807, 2.05) is 11.5 Å². The van der Waals surface area contributed by atoms with Gasteiger partial charge < -0.3 is 14.6 Å². The molecule has 6 nitrogen and oxygen atoms in total. The first-order chi connectivity index (χ1) is 16.4. The number of imidazole rings is 1. The van der Waals surface area contributed by atoms with Crippen molar-refractivity contribution in [3.63, 3.8) is 0 Å². The third kappa shape index (κ3) is 5.64. The van der Waals surface area contributed by atoms with E-state index in [-0.39, 0.29) is 5.91 Å². The van der Waals surface area contributed by atoms with E-state index < -0.39 is 6.04 Å². The van der Waals surface area contributed by atoms with Crippen LogP contribution in [0.1, 0.15) is 30.8 Å². The van der Waals surface area contributed by atoms with Gasteiger partial charge in [0.15, 0.2) is 0 Å². The maximum Gasteiger partial charge on any atom is 0.243 e. The first-order valence-electron chi connectivity index (χ1n) is 11.3. The van der Waals surface area contributed by atoms with Crippen LogP contribution >= 0.6 is 46.4 Å². The molecule has 1 N–H and O–H groups in total. The quantitative estimate of drug-likeness (QED) is 0.399. The van der Waals surface area contributed by atoms with Gasteiger partial charge in [0.25, 0.3) is 0 Å². The summed E-state index contributed by atoms with van der Waals surface area (Å²) in [4.78, 5) is 20.4. The highest BCUT2D eigenvalue weighted by Crippen LogP contribution is 2.33. The fourth-order valence-corrected chi connectivity index (χ4v) is 5.08. The van der Waals surface area contributed by atoms with Gasteiger partial charge in [-0.1, -0.05) is 59.4 Å². The maximum absolute atomic E-state index is 13.3. The Bertz CT molecular complexity index is 1160. The number of morpholine rings is 1. The zero-order valence-electron chi connectivity index (χ0n) is 18.8. The van der Waals surface area contributed by atoms with Gasteiger partial charge >= 0.3 is 0 Å². The standard InChI is InChI=1S/C24H26Cl4N4O2/c1-2-21(24(33)29-6-7-31-8-10-34-11-9-31)32-22-14-19(28)18(27)13-20(22)30-23(32)12-15-16(25)4-3-5-17(15)26/h3-5,13-14,21H,2,6-12H2,1H3,(H,29,33)/t21-/m1/s1. The largest absolute Gasteiger partial charge is 0.379 e. The van der Waals surface area contributed by atoms with Crippen molar-refractivity contribution in [3.05, 3.63) is 61.8 Å². The number of hydrogen-bond acceptors (Lipinski definition) is 4. The molecule has 0 radical (unpaired) electrons. The van der Waals surface area contributed by atoms with Gasteiger partial charge in [-0.3, -0.25) is 9.69 Å². The van der Waals surface area contributed by atoms with Gasteiger partial charge in [0.2, 0.25) is 5.91 Å². The summed E-state index contributed by atoms with van der Waals surface area (Å²) in [5, 5.41) is 5.00. The van der Waals surface area contributed by atoms with E-state index in [1.165, 1.54) is 0 Å². The summed E-state index contributed by atoms with van der Waals surface area (Å²) in [5.74, 6) is 0.589. The van der Waals surface area contributed by atoms with Crippen LogP contribution in [0.3, 0.4) is 0 Å². The molecule has 10 heteroatoms. The van der Waals surface area contributed by atoms with E-state index in [0.29, 0.717) is 50.8 Å². The molecular weight excluding hydrogens is 518 g/mol. The van der Waals surface area contributed by atoms with E-state index in [0.717, 1.165) is 43.9 Å². The van der Waals surface area contributed by atoms with Crippen molar-refractivity contribution in [2.24, 2.45) is 0 Å². The molecule has 2 heterocycles. The average Bonchev–Trinajstić information content (AvgIpc) is 3.14. The van der Waals surface area contributed by atoms with E-state index in [1.54, 1.807) is 30.3 Å². The SMILES string of the molecule is CC[C@H](C(=O)NCCN1CCOCC1)n1c(Cc2c(Cl)cccc2Cl)nc2cc(Cl)c(Cl)cc21. The van der Waals surface area contributed by atoms with Crippen molar-refractivity contribution in [1.29, 1.82) is 0 Å². The molecule has 0 saturated carbocycles. The Morgan fingerprint density at radius 2 is 1.76 bits per heavy atom. The minimum absolute atomic E-state index is 0.0763. The van der Waals surface area contributed by atoms with Crippen LogP contribution in [0.2, 0.25) is 20.1 Å². The summed E-state index contributed by atoms with van der Waals surface area (Å²) in [5.41, 5.74) is 2.15. The van der Waals surface area contributed by atoms with Crippen LogP contribution < -0.4 is 5.32 Å². The Morgan fingerprint density at radius 1 is 1.09 bits per heavy atom. The number of ether oxygens (including phenoxy) is 1. The van der Waals surface area contributed by atoms with Crippen molar-refractivity contribution in [2.75, 3.05) is 39.4 Å². The van der Waals surface area contributed by atoms with Crippen LogP contribution in [0, 0.1) is 0 Å². The molecule has 1 atom stereocenters. The number of carbonyl (C=O) groups is 1. The summed E-state index contributed by atoms with van der Waals surface area (Å²) >= 11 is 25.5. The van der Waals surface area contributed by atoms with Crippen LogP contribution in [0.15, 0.2) is 30.3 Å². The second-order valence-corrected chi connectivity index (χ2v) is 9.83. The molecule has 0 unspecified atom stereocenters. The first kappa shape index (κ1) is 25.5. The van der Waals surface area contributed by atoms with E-state index in [4.69, 9.17) is 56.1 Å². The van der Waals surface area contributed by atoms with Gasteiger partial charge in [-0.25, -0.2) is 4.98 Å². The third-order valence-corrected chi connectivity index (χ3v) is 7.46. The van der Waals surface area contributed by atoms with Gasteiger partial charge in [0, 0.05) is 42.6 Å². The van der Waals surface area contributed by atoms with Crippen molar-refractivity contribution in [2.45, 2.75) is 25.8 Å². The molecule has 0 spiro atoms. The van der Waals surface area contributed by atoms with Crippen LogP contribution in [-0.4, -0.2) is 59.8 Å². The number of halogens is 4. The zero-order valence-corrected chi connectivity index (χ0v) is 21.8. The monoisotopic (exact) mass is 542 g/mol. The van der Waals surface area contributed by atoms with E-state index in [9.17, 15) is 4.79 Å². The molecule has 4 rings (SSSR count). The maximum atomic E-state index is 13.3. The van der Waals surface area contributed by atoms with Crippen molar-refractivity contribution in [3.8, 4) is 0 Å². The molecular formula is C24H26Cl4N4O2. The number of carbonyl (C=O) groups excluding carboxylic acids is 1. The Labute approximate surface area is 219 Å². The van der Waals surface area contributed by atoms with Crippen LogP contribution in [0.25, 0.3) is 11.0 Å². The lowest BCUT2D eigenvalue weighted by molar-refractivity contribution is -0.124. The van der Waals surface area contributed by atoms with Crippen molar-refractivity contribution < 1.29 is 9.53 Å².